The van der Waals surface area contributed by atoms with Crippen molar-refractivity contribution in [1.82, 2.24) is 9.55 Å². The Morgan fingerprint density at radius 2 is 2.11 bits per heavy atom. The molecule has 0 aliphatic rings. The average molecular weight is 278 g/mol. The van der Waals surface area contributed by atoms with Crippen molar-refractivity contribution in [1.29, 1.82) is 0 Å². The van der Waals surface area contributed by atoms with E-state index in [1.54, 1.807) is 11.3 Å². The molecule has 4 heteroatoms. The molecule has 0 saturated carbocycles. The van der Waals surface area contributed by atoms with Gasteiger partial charge in [-0.25, -0.2) is 4.98 Å². The average Bonchev–Trinajstić information content (AvgIpc) is 2.94. The molecule has 0 saturated heterocycles. The van der Waals surface area contributed by atoms with Crippen molar-refractivity contribution in [3.63, 3.8) is 0 Å². The molecular weight excluding hydrogens is 256 g/mol. The van der Waals surface area contributed by atoms with Crippen molar-refractivity contribution in [2.24, 2.45) is 0 Å². The monoisotopic (exact) mass is 278 g/mol. The van der Waals surface area contributed by atoms with Gasteiger partial charge in [-0.2, -0.15) is 0 Å². The molecule has 0 bridgehead atoms. The van der Waals surface area contributed by atoms with Crippen LogP contribution in [0.5, 0.6) is 0 Å². The Bertz CT molecular complexity index is 542. The molecule has 2 rings (SSSR count). The fraction of sp³-hybridized carbons (Fsp3) is 0.533. The number of ether oxygens (including phenoxy) is 1. The normalized spacial score (nSPS) is 13.2. The third-order valence-electron chi connectivity index (χ3n) is 3.13. The van der Waals surface area contributed by atoms with E-state index in [1.165, 1.54) is 16.1 Å². The minimum Gasteiger partial charge on any atom is -0.359 e. The van der Waals surface area contributed by atoms with Gasteiger partial charge in [-0.1, -0.05) is 13.8 Å². The van der Waals surface area contributed by atoms with Crippen LogP contribution in [0.2, 0.25) is 0 Å². The maximum Gasteiger partial charge on any atom is 0.132 e. The maximum atomic E-state index is 5.72. The zero-order valence-electron chi connectivity index (χ0n) is 12.3. The first-order valence-corrected chi connectivity index (χ1v) is 7.66. The van der Waals surface area contributed by atoms with Crippen LogP contribution in [0.25, 0.3) is 10.6 Å². The SMILES string of the molecule is CCOC(C)n1cnc(C(C)C)c1-c1cc(C)cs1. The second kappa shape index (κ2) is 5.88. The molecule has 3 nitrogen and oxygen atoms in total. The Morgan fingerprint density at radius 1 is 1.37 bits per heavy atom. The van der Waals surface area contributed by atoms with Gasteiger partial charge in [0.1, 0.15) is 6.23 Å². The van der Waals surface area contributed by atoms with Crippen LogP contribution in [0, 0.1) is 6.92 Å². The number of nitrogens with zero attached hydrogens (tertiary/aromatic N) is 2. The van der Waals surface area contributed by atoms with E-state index in [-0.39, 0.29) is 6.23 Å². The molecule has 0 aliphatic carbocycles. The predicted molar refractivity (Wildman–Crippen MR) is 80.7 cm³/mol. The summed E-state index contributed by atoms with van der Waals surface area (Å²) in [7, 11) is 0. The Hall–Kier alpha value is -1.13. The highest BCUT2D eigenvalue weighted by atomic mass is 32.1. The lowest BCUT2D eigenvalue weighted by atomic mass is 10.1. The molecule has 0 amide bonds. The lowest BCUT2D eigenvalue weighted by molar-refractivity contribution is 0.0258. The molecule has 2 aromatic rings. The summed E-state index contributed by atoms with van der Waals surface area (Å²) in [5.74, 6) is 0.410. The van der Waals surface area contributed by atoms with Gasteiger partial charge in [0, 0.05) is 6.61 Å². The first-order chi connectivity index (χ1) is 9.04. The summed E-state index contributed by atoms with van der Waals surface area (Å²) in [6, 6.07) is 2.22. The molecule has 1 atom stereocenters. The zero-order valence-corrected chi connectivity index (χ0v) is 13.1. The molecule has 104 valence electrons. The Kier molecular flexibility index (Phi) is 4.42. The molecule has 0 N–H and O–H groups in total. The van der Waals surface area contributed by atoms with E-state index in [1.807, 2.05) is 13.3 Å². The predicted octanol–water partition coefficient (Wildman–Crippen LogP) is 4.60. The van der Waals surface area contributed by atoms with Crippen LogP contribution in [-0.4, -0.2) is 16.2 Å². The van der Waals surface area contributed by atoms with E-state index in [0.717, 1.165) is 5.69 Å². The molecule has 19 heavy (non-hydrogen) atoms. The number of aromatic nitrogens is 2. The Labute approximate surface area is 119 Å². The summed E-state index contributed by atoms with van der Waals surface area (Å²) in [6.45, 7) is 11.3. The Balaban J connectivity index is 2.50. The first-order valence-electron chi connectivity index (χ1n) is 6.78. The molecular formula is C15H22N2OS. The van der Waals surface area contributed by atoms with Crippen molar-refractivity contribution in [3.05, 3.63) is 29.0 Å². The van der Waals surface area contributed by atoms with E-state index in [4.69, 9.17) is 4.74 Å². The van der Waals surface area contributed by atoms with Crippen LogP contribution in [0.4, 0.5) is 0 Å². The van der Waals surface area contributed by atoms with Gasteiger partial charge in [0.2, 0.25) is 0 Å². The number of hydrogen-bond donors (Lipinski definition) is 0. The quantitative estimate of drug-likeness (QED) is 0.799. The largest absolute Gasteiger partial charge is 0.359 e. The summed E-state index contributed by atoms with van der Waals surface area (Å²) in [5.41, 5.74) is 3.65. The van der Waals surface area contributed by atoms with Gasteiger partial charge in [0.15, 0.2) is 0 Å². The highest BCUT2D eigenvalue weighted by Gasteiger charge is 2.20. The van der Waals surface area contributed by atoms with Gasteiger partial charge in [-0.15, -0.1) is 11.3 Å². The van der Waals surface area contributed by atoms with Crippen molar-refractivity contribution >= 4 is 11.3 Å². The molecule has 1 unspecified atom stereocenters. The van der Waals surface area contributed by atoms with E-state index >= 15 is 0 Å². The number of thiophene rings is 1. The van der Waals surface area contributed by atoms with Crippen LogP contribution in [0.15, 0.2) is 17.8 Å². The van der Waals surface area contributed by atoms with Gasteiger partial charge >= 0.3 is 0 Å². The number of imidazole rings is 1. The molecule has 0 aromatic carbocycles. The van der Waals surface area contributed by atoms with Crippen LogP contribution < -0.4 is 0 Å². The summed E-state index contributed by atoms with van der Waals surface area (Å²) in [6.07, 6.45) is 1.92. The van der Waals surface area contributed by atoms with Gasteiger partial charge in [0.05, 0.1) is 22.6 Å². The van der Waals surface area contributed by atoms with Gasteiger partial charge in [0.25, 0.3) is 0 Å². The smallest absolute Gasteiger partial charge is 0.132 e. The second-order valence-corrected chi connectivity index (χ2v) is 5.99. The first kappa shape index (κ1) is 14.3. The molecule has 0 fully saturated rings. The van der Waals surface area contributed by atoms with E-state index in [2.05, 4.69) is 48.7 Å². The number of hydrogen-bond acceptors (Lipinski definition) is 3. The summed E-state index contributed by atoms with van der Waals surface area (Å²) >= 11 is 1.77. The molecule has 2 heterocycles. The van der Waals surface area contributed by atoms with Crippen LogP contribution in [0.1, 0.15) is 51.1 Å². The van der Waals surface area contributed by atoms with Crippen LogP contribution in [0.3, 0.4) is 0 Å². The van der Waals surface area contributed by atoms with Gasteiger partial charge in [-0.05, 0) is 43.7 Å². The number of aryl methyl sites for hydroxylation is 1. The van der Waals surface area contributed by atoms with Crippen LogP contribution in [-0.2, 0) is 4.74 Å². The van der Waals surface area contributed by atoms with E-state index in [0.29, 0.717) is 12.5 Å². The van der Waals surface area contributed by atoms with Gasteiger partial charge in [-0.3, -0.25) is 0 Å². The van der Waals surface area contributed by atoms with Gasteiger partial charge < -0.3 is 9.30 Å². The third-order valence-corrected chi connectivity index (χ3v) is 4.19. The zero-order chi connectivity index (χ0) is 14.0. The van der Waals surface area contributed by atoms with Crippen LogP contribution >= 0.6 is 11.3 Å². The number of rotatable bonds is 5. The summed E-state index contributed by atoms with van der Waals surface area (Å²) in [4.78, 5) is 5.86. The molecule has 2 aromatic heterocycles. The lowest BCUT2D eigenvalue weighted by Crippen LogP contribution is -2.09. The molecule has 0 radical (unpaired) electrons. The fourth-order valence-electron chi connectivity index (χ4n) is 2.20. The third kappa shape index (κ3) is 2.90. The van der Waals surface area contributed by atoms with Crippen molar-refractivity contribution < 1.29 is 4.74 Å². The maximum absolute atomic E-state index is 5.72. The topological polar surface area (TPSA) is 27.1 Å². The standard InChI is InChI=1S/C15H22N2OS/c1-6-18-12(5)17-9-16-14(10(2)3)15(17)13-7-11(4)8-19-13/h7-10,12H,6H2,1-5H3. The molecule has 0 aliphatic heterocycles. The lowest BCUT2D eigenvalue weighted by Gasteiger charge is -2.17. The van der Waals surface area contributed by atoms with Crippen molar-refractivity contribution in [2.45, 2.75) is 46.8 Å². The molecule has 0 spiro atoms. The van der Waals surface area contributed by atoms with E-state index < -0.39 is 0 Å². The second-order valence-electron chi connectivity index (χ2n) is 5.08. The minimum absolute atomic E-state index is 0.0161. The fourth-order valence-corrected chi connectivity index (χ4v) is 3.16. The Morgan fingerprint density at radius 3 is 2.63 bits per heavy atom. The highest BCUT2D eigenvalue weighted by molar-refractivity contribution is 7.13. The summed E-state index contributed by atoms with van der Waals surface area (Å²) in [5, 5.41) is 2.18. The van der Waals surface area contributed by atoms with Crippen molar-refractivity contribution in [2.75, 3.05) is 6.61 Å². The summed E-state index contributed by atoms with van der Waals surface area (Å²) < 4.78 is 7.86. The minimum atomic E-state index is 0.0161. The highest BCUT2D eigenvalue weighted by Crippen LogP contribution is 2.34. The van der Waals surface area contributed by atoms with E-state index in [9.17, 15) is 0 Å². The van der Waals surface area contributed by atoms with Crippen molar-refractivity contribution in [3.8, 4) is 10.6 Å².